The average molecular weight is 146 g/mol. The van der Waals surface area contributed by atoms with E-state index in [0.29, 0.717) is 0 Å². The Hall–Kier alpha value is -1.02. The number of hydrogen-bond acceptors (Lipinski definition) is 1. The van der Waals surface area contributed by atoms with Gasteiger partial charge in [0.15, 0.2) is 0 Å². The second-order valence-electron chi connectivity index (χ2n) is 2.34. The molecular weight excluding hydrogens is 135 g/mol. The average Bonchev–Trinajstić information content (AvgIpc) is 2.07. The van der Waals surface area contributed by atoms with Gasteiger partial charge in [-0.05, 0) is 12.0 Å². The predicted octanol–water partition coefficient (Wildman–Crippen LogP) is 1.09. The van der Waals surface area contributed by atoms with Crippen LogP contribution in [0.3, 0.4) is 0 Å². The fourth-order valence-corrected chi connectivity index (χ4v) is 0.908. The summed E-state index contributed by atoms with van der Waals surface area (Å²) in [7, 11) is 0.132. The van der Waals surface area contributed by atoms with Crippen LogP contribution in [0.1, 0.15) is 5.56 Å². The normalized spacial score (nSPS) is 10.3. The van der Waals surface area contributed by atoms with Crippen molar-refractivity contribution in [3.8, 4) is 0 Å². The van der Waals surface area contributed by atoms with E-state index in [2.05, 4.69) is 12.1 Å². The summed E-state index contributed by atoms with van der Waals surface area (Å²) in [5.41, 5.74) is 1.28. The Balaban J connectivity index is 2.45. The van der Waals surface area contributed by atoms with Crippen molar-refractivity contribution in [2.24, 2.45) is 0 Å². The molecule has 1 N–H and O–H groups in total. The minimum atomic E-state index is 0.132. The SMILES string of the molecule is OB/C=C/Cc1ccccc1. The standard InChI is InChI=1S/C9H11BO/c11-10-8-4-7-9-5-2-1-3-6-9/h1-6,8,10-11H,7H2/b8-4+. The molecule has 1 aromatic rings. The molecule has 2 heteroatoms. The molecule has 0 spiro atoms. The summed E-state index contributed by atoms with van der Waals surface area (Å²) in [6.45, 7) is 0. The minimum Gasteiger partial charge on any atom is -0.450 e. The van der Waals surface area contributed by atoms with E-state index in [-0.39, 0.29) is 7.48 Å². The van der Waals surface area contributed by atoms with Gasteiger partial charge in [-0.15, -0.1) is 0 Å². The first-order valence-corrected chi connectivity index (χ1v) is 3.73. The van der Waals surface area contributed by atoms with Gasteiger partial charge in [0.1, 0.15) is 0 Å². The first kappa shape index (κ1) is 8.09. The minimum absolute atomic E-state index is 0.132. The van der Waals surface area contributed by atoms with Gasteiger partial charge >= 0.3 is 0 Å². The van der Waals surface area contributed by atoms with Crippen molar-refractivity contribution < 1.29 is 5.02 Å². The maximum Gasteiger partial charge on any atom is 0.297 e. The molecule has 0 unspecified atom stereocenters. The molecule has 1 rings (SSSR count). The van der Waals surface area contributed by atoms with E-state index >= 15 is 0 Å². The predicted molar refractivity (Wildman–Crippen MR) is 48.7 cm³/mol. The Kier molecular flexibility index (Phi) is 3.49. The van der Waals surface area contributed by atoms with E-state index in [4.69, 9.17) is 5.02 Å². The lowest BCUT2D eigenvalue weighted by Crippen LogP contribution is -1.82. The lowest BCUT2D eigenvalue weighted by molar-refractivity contribution is 0.614. The van der Waals surface area contributed by atoms with Crippen LogP contribution in [-0.4, -0.2) is 12.5 Å². The molecule has 0 radical (unpaired) electrons. The Morgan fingerprint density at radius 3 is 2.64 bits per heavy atom. The second-order valence-corrected chi connectivity index (χ2v) is 2.34. The third-order valence-electron chi connectivity index (χ3n) is 1.47. The summed E-state index contributed by atoms with van der Waals surface area (Å²) in [5, 5.41) is 8.46. The van der Waals surface area contributed by atoms with Crippen LogP contribution < -0.4 is 0 Å². The van der Waals surface area contributed by atoms with Crippen LogP contribution in [0.5, 0.6) is 0 Å². The van der Waals surface area contributed by atoms with Crippen LogP contribution in [-0.2, 0) is 6.42 Å². The molecule has 0 aliphatic heterocycles. The Bertz CT molecular complexity index is 218. The Morgan fingerprint density at radius 2 is 2.00 bits per heavy atom. The van der Waals surface area contributed by atoms with Gasteiger partial charge in [-0.1, -0.05) is 42.4 Å². The first-order valence-electron chi connectivity index (χ1n) is 3.73. The van der Waals surface area contributed by atoms with Crippen LogP contribution in [0.4, 0.5) is 0 Å². The number of allylic oxidation sites excluding steroid dienone is 1. The molecule has 0 aromatic heterocycles. The van der Waals surface area contributed by atoms with Crippen molar-refractivity contribution in [2.45, 2.75) is 6.42 Å². The van der Waals surface area contributed by atoms with E-state index < -0.39 is 0 Å². The molecule has 0 bridgehead atoms. The van der Waals surface area contributed by atoms with Crippen LogP contribution >= 0.6 is 0 Å². The van der Waals surface area contributed by atoms with Crippen molar-refractivity contribution in [1.29, 1.82) is 0 Å². The molecule has 0 saturated heterocycles. The van der Waals surface area contributed by atoms with Gasteiger partial charge in [0, 0.05) is 0 Å². The topological polar surface area (TPSA) is 20.2 Å². The van der Waals surface area contributed by atoms with Crippen LogP contribution in [0, 0.1) is 0 Å². The van der Waals surface area contributed by atoms with Crippen molar-refractivity contribution in [1.82, 2.24) is 0 Å². The highest BCUT2D eigenvalue weighted by atomic mass is 16.2. The van der Waals surface area contributed by atoms with Gasteiger partial charge in [0.2, 0.25) is 0 Å². The monoisotopic (exact) mass is 146 g/mol. The van der Waals surface area contributed by atoms with E-state index in [1.807, 2.05) is 24.3 Å². The highest BCUT2D eigenvalue weighted by molar-refractivity contribution is 6.32. The number of benzene rings is 1. The van der Waals surface area contributed by atoms with Crippen LogP contribution in [0.15, 0.2) is 42.4 Å². The lowest BCUT2D eigenvalue weighted by Gasteiger charge is -1.92. The number of hydrogen-bond donors (Lipinski definition) is 1. The summed E-state index contributed by atoms with van der Waals surface area (Å²) in [5.74, 6) is 1.76. The van der Waals surface area contributed by atoms with Gasteiger partial charge in [-0.25, -0.2) is 0 Å². The summed E-state index contributed by atoms with van der Waals surface area (Å²) in [6, 6.07) is 10.2. The third-order valence-corrected chi connectivity index (χ3v) is 1.47. The molecule has 0 aliphatic rings. The molecule has 56 valence electrons. The van der Waals surface area contributed by atoms with Gasteiger partial charge in [-0.3, -0.25) is 0 Å². The highest BCUT2D eigenvalue weighted by Gasteiger charge is 1.84. The Morgan fingerprint density at radius 1 is 1.27 bits per heavy atom. The van der Waals surface area contributed by atoms with Crippen molar-refractivity contribution in [2.75, 3.05) is 0 Å². The molecule has 0 saturated carbocycles. The first-order chi connectivity index (χ1) is 5.43. The van der Waals surface area contributed by atoms with Crippen molar-refractivity contribution in [3.63, 3.8) is 0 Å². The smallest absolute Gasteiger partial charge is 0.297 e. The van der Waals surface area contributed by atoms with Gasteiger partial charge < -0.3 is 5.02 Å². The van der Waals surface area contributed by atoms with E-state index in [1.165, 1.54) is 5.56 Å². The highest BCUT2D eigenvalue weighted by Crippen LogP contribution is 1.99. The molecule has 0 atom stereocenters. The summed E-state index contributed by atoms with van der Waals surface area (Å²) >= 11 is 0. The van der Waals surface area contributed by atoms with E-state index in [9.17, 15) is 0 Å². The molecule has 1 nitrogen and oxygen atoms in total. The summed E-state index contributed by atoms with van der Waals surface area (Å²) in [6.07, 6.45) is 2.87. The molecular formula is C9H11BO. The second kappa shape index (κ2) is 4.75. The quantitative estimate of drug-likeness (QED) is 0.632. The molecule has 11 heavy (non-hydrogen) atoms. The van der Waals surface area contributed by atoms with Crippen molar-refractivity contribution >= 4 is 7.48 Å². The maximum atomic E-state index is 8.46. The molecule has 1 aromatic carbocycles. The summed E-state index contributed by atoms with van der Waals surface area (Å²) in [4.78, 5) is 0. The fourth-order valence-electron chi connectivity index (χ4n) is 0.908. The fraction of sp³-hybridized carbons (Fsp3) is 0.111. The van der Waals surface area contributed by atoms with Crippen molar-refractivity contribution in [3.05, 3.63) is 47.9 Å². The Labute approximate surface area is 67.7 Å². The zero-order valence-electron chi connectivity index (χ0n) is 6.40. The molecule has 0 fully saturated rings. The third kappa shape index (κ3) is 3.05. The van der Waals surface area contributed by atoms with Crippen LogP contribution in [0.25, 0.3) is 0 Å². The van der Waals surface area contributed by atoms with Crippen LogP contribution in [0.2, 0.25) is 0 Å². The van der Waals surface area contributed by atoms with E-state index in [1.54, 1.807) is 5.98 Å². The molecule has 0 heterocycles. The molecule has 0 aliphatic carbocycles. The van der Waals surface area contributed by atoms with E-state index in [0.717, 1.165) is 6.42 Å². The van der Waals surface area contributed by atoms with Gasteiger partial charge in [-0.2, -0.15) is 0 Å². The maximum absolute atomic E-state index is 8.46. The van der Waals surface area contributed by atoms with Gasteiger partial charge in [0.25, 0.3) is 7.48 Å². The zero-order chi connectivity index (χ0) is 7.94. The number of rotatable bonds is 3. The largest absolute Gasteiger partial charge is 0.450 e. The summed E-state index contributed by atoms with van der Waals surface area (Å²) < 4.78 is 0. The van der Waals surface area contributed by atoms with Gasteiger partial charge in [0.05, 0.1) is 0 Å². The lowest BCUT2D eigenvalue weighted by atomic mass is 10.0. The molecule has 0 amide bonds. The zero-order valence-corrected chi connectivity index (χ0v) is 6.40.